The summed E-state index contributed by atoms with van der Waals surface area (Å²) < 4.78 is 0. The molecular formula is C35H46SiTi. The first-order valence-electron chi connectivity index (χ1n) is 12.3. The molecule has 1 aliphatic carbocycles. The molecule has 0 saturated heterocycles. The van der Waals surface area contributed by atoms with Crippen LogP contribution in [0.1, 0.15) is 58.2 Å². The van der Waals surface area contributed by atoms with Gasteiger partial charge in [0.1, 0.15) is 8.07 Å². The quantitative estimate of drug-likeness (QED) is 0.169. The maximum atomic E-state index is 4.06. The van der Waals surface area contributed by atoms with E-state index >= 15 is 0 Å². The van der Waals surface area contributed by atoms with Crippen molar-refractivity contribution in [1.29, 1.82) is 0 Å². The molecular weight excluding hydrogens is 496 g/mol. The van der Waals surface area contributed by atoms with Gasteiger partial charge in [-0.25, -0.2) is 5.57 Å². The number of hydrogen-bond acceptors (Lipinski definition) is 0. The predicted octanol–water partition coefficient (Wildman–Crippen LogP) is 7.80. The van der Waals surface area contributed by atoms with Crippen molar-refractivity contribution in [3.05, 3.63) is 135 Å². The summed E-state index contributed by atoms with van der Waals surface area (Å²) in [7, 11) is -2.57. The Bertz CT molecular complexity index is 1200. The fourth-order valence-electron chi connectivity index (χ4n) is 5.84. The average molecular weight is 543 g/mol. The molecule has 3 aromatic rings. The van der Waals surface area contributed by atoms with E-state index in [9.17, 15) is 0 Å². The second-order valence-electron chi connectivity index (χ2n) is 9.85. The van der Waals surface area contributed by atoms with Crippen LogP contribution in [0.25, 0.3) is 0 Å². The van der Waals surface area contributed by atoms with E-state index in [1.807, 2.05) is 0 Å². The van der Waals surface area contributed by atoms with Crippen molar-refractivity contribution < 1.29 is 21.7 Å². The first-order chi connectivity index (χ1) is 15.8. The Labute approximate surface area is 245 Å². The Balaban J connectivity index is 0.00000324. The van der Waals surface area contributed by atoms with Crippen LogP contribution in [0.2, 0.25) is 5.04 Å². The molecule has 0 fully saturated rings. The molecule has 0 radical (unpaired) electrons. The molecule has 0 saturated carbocycles. The zero-order chi connectivity index (χ0) is 23.8. The second kappa shape index (κ2) is 13.7. The third kappa shape index (κ3) is 5.75. The van der Waals surface area contributed by atoms with Crippen molar-refractivity contribution in [2.45, 2.75) is 66.3 Å². The normalized spacial score (nSPS) is 17.9. The van der Waals surface area contributed by atoms with Gasteiger partial charge in [0.25, 0.3) is 0 Å². The summed E-state index contributed by atoms with van der Waals surface area (Å²) in [5.74, 6) is 0. The number of allylic oxidation sites excluding steroid dienone is 4. The van der Waals surface area contributed by atoms with E-state index in [2.05, 4.69) is 127 Å². The molecule has 0 amide bonds. The van der Waals surface area contributed by atoms with E-state index in [0.29, 0.717) is 0 Å². The van der Waals surface area contributed by atoms with Gasteiger partial charge < -0.3 is 22.3 Å². The van der Waals surface area contributed by atoms with Gasteiger partial charge in [0, 0.05) is 0 Å². The molecule has 0 aromatic heterocycles. The van der Waals surface area contributed by atoms with Crippen molar-refractivity contribution in [2.24, 2.45) is 0 Å². The van der Waals surface area contributed by atoms with Crippen molar-refractivity contribution in [3.8, 4) is 0 Å². The fourth-order valence-corrected chi connectivity index (χ4v) is 11.9. The predicted molar refractivity (Wildman–Crippen MR) is 166 cm³/mol. The van der Waals surface area contributed by atoms with Crippen LogP contribution in [0, 0.1) is 35.3 Å². The molecule has 0 nitrogen and oxygen atoms in total. The first kappa shape index (κ1) is 35.1. The molecule has 37 heavy (non-hydrogen) atoms. The molecule has 0 N–H and O–H groups in total. The van der Waals surface area contributed by atoms with E-state index in [-0.39, 0.29) is 49.0 Å². The van der Waals surface area contributed by atoms with E-state index in [1.165, 1.54) is 49.0 Å². The van der Waals surface area contributed by atoms with E-state index in [1.54, 1.807) is 0 Å². The smallest absolute Gasteiger partial charge is 0.358 e. The second-order valence-corrected chi connectivity index (χ2v) is 14.1. The minimum atomic E-state index is -2.57. The zero-order valence-corrected chi connectivity index (χ0v) is 27.4. The SMILES string of the molecule is CCc1cc(CC)cc([Si](c2ccccc2)(c2ccc(C)cc2)C2(C)[C-]=C(C)C(C)=C2C)c1.[CH3-].[CH3-].[CH3-].[Ti+4]. The molecule has 0 aliphatic heterocycles. The summed E-state index contributed by atoms with van der Waals surface area (Å²) in [6.45, 7) is 16.1. The number of hydrogen-bond donors (Lipinski definition) is 0. The standard InChI is InChI=1S/C32H37Si.3CH3.Ti/c1-8-27-19-28(9-2)21-31(20-27)33(29-13-11-10-12-14-29,30-17-15-23(3)16-18-30)32(7)22-24(4)25(5)26(32)6;;;;/h10-21H,8-9H2,1-7H3;3*1H3;/q4*-1;+4. The molecule has 0 heterocycles. The van der Waals surface area contributed by atoms with Gasteiger partial charge in [0.2, 0.25) is 0 Å². The van der Waals surface area contributed by atoms with Gasteiger partial charge in [-0.3, -0.25) is 6.08 Å². The number of benzene rings is 3. The maximum Gasteiger partial charge on any atom is 4.00 e. The molecule has 0 spiro atoms. The van der Waals surface area contributed by atoms with Crippen LogP contribution in [0.5, 0.6) is 0 Å². The third-order valence-electron chi connectivity index (χ3n) is 8.06. The summed E-state index contributed by atoms with van der Waals surface area (Å²) in [4.78, 5) is 0. The number of rotatable bonds is 6. The van der Waals surface area contributed by atoms with E-state index in [0.717, 1.165) is 12.8 Å². The van der Waals surface area contributed by atoms with Crippen LogP contribution < -0.4 is 15.6 Å². The Morgan fingerprint density at radius 1 is 0.676 bits per heavy atom. The van der Waals surface area contributed by atoms with Crippen LogP contribution in [0.4, 0.5) is 0 Å². The molecule has 3 aromatic carbocycles. The van der Waals surface area contributed by atoms with Crippen molar-refractivity contribution in [2.75, 3.05) is 0 Å². The molecule has 2 heteroatoms. The number of aryl methyl sites for hydroxylation is 3. The molecule has 1 aliphatic rings. The fraction of sp³-hybridized carbons (Fsp3) is 0.286. The molecule has 4 rings (SSSR count). The zero-order valence-electron chi connectivity index (χ0n) is 24.8. The van der Waals surface area contributed by atoms with Crippen LogP contribution in [0.15, 0.2) is 89.5 Å². The summed E-state index contributed by atoms with van der Waals surface area (Å²) >= 11 is 0. The van der Waals surface area contributed by atoms with Crippen molar-refractivity contribution >= 4 is 23.6 Å². The Hall–Kier alpha value is -1.93. The minimum Gasteiger partial charge on any atom is -0.358 e. The van der Waals surface area contributed by atoms with Crippen LogP contribution in [-0.2, 0) is 34.6 Å². The van der Waals surface area contributed by atoms with Gasteiger partial charge in [-0.1, -0.05) is 118 Å². The topological polar surface area (TPSA) is 0 Å². The van der Waals surface area contributed by atoms with E-state index < -0.39 is 8.07 Å². The van der Waals surface area contributed by atoms with Gasteiger partial charge in [-0.05, 0) is 46.5 Å². The third-order valence-corrected chi connectivity index (χ3v) is 13.6. The minimum absolute atomic E-state index is 0. The van der Waals surface area contributed by atoms with Crippen LogP contribution in [0.3, 0.4) is 0 Å². The van der Waals surface area contributed by atoms with Gasteiger partial charge >= 0.3 is 21.7 Å². The Kier molecular flexibility index (Phi) is 13.0. The van der Waals surface area contributed by atoms with Gasteiger partial charge in [0.15, 0.2) is 0 Å². The summed E-state index contributed by atoms with van der Waals surface area (Å²) in [5.41, 5.74) is 8.35. The first-order valence-corrected chi connectivity index (χ1v) is 14.3. The monoisotopic (exact) mass is 542 g/mol. The van der Waals surface area contributed by atoms with Crippen LogP contribution in [-0.4, -0.2) is 8.07 Å². The summed E-state index contributed by atoms with van der Waals surface area (Å²) in [6.07, 6.45) is 6.17. The van der Waals surface area contributed by atoms with Gasteiger partial charge in [-0.2, -0.15) is 11.1 Å². The van der Waals surface area contributed by atoms with E-state index in [4.69, 9.17) is 0 Å². The molecule has 194 valence electrons. The average Bonchev–Trinajstić information content (AvgIpc) is 3.04. The van der Waals surface area contributed by atoms with Gasteiger partial charge in [-0.15, -0.1) is 6.92 Å². The summed E-state index contributed by atoms with van der Waals surface area (Å²) in [5, 5.41) is 4.26. The van der Waals surface area contributed by atoms with Crippen molar-refractivity contribution in [3.63, 3.8) is 0 Å². The maximum absolute atomic E-state index is 4.06. The van der Waals surface area contributed by atoms with Crippen molar-refractivity contribution in [1.82, 2.24) is 0 Å². The van der Waals surface area contributed by atoms with Gasteiger partial charge in [0.05, 0.1) is 0 Å². The van der Waals surface area contributed by atoms with Crippen LogP contribution >= 0.6 is 0 Å². The largest absolute Gasteiger partial charge is 4.00 e. The molecule has 2 atom stereocenters. The summed E-state index contributed by atoms with van der Waals surface area (Å²) in [6, 6.07) is 28.2. The molecule has 0 bridgehead atoms. The Morgan fingerprint density at radius 3 is 1.59 bits per heavy atom. The molecule has 2 unspecified atom stereocenters. The Morgan fingerprint density at radius 2 is 1.16 bits per heavy atom.